The van der Waals surface area contributed by atoms with Crippen LogP contribution in [-0.4, -0.2) is 72.6 Å². The number of aryl methyl sites for hydroxylation is 1. The summed E-state index contributed by atoms with van der Waals surface area (Å²) in [7, 11) is -1.78. The van der Waals surface area contributed by atoms with Gasteiger partial charge in [0.15, 0.2) is 0 Å². The third-order valence-corrected chi connectivity index (χ3v) is 9.76. The lowest BCUT2D eigenvalue weighted by Gasteiger charge is -2.33. The van der Waals surface area contributed by atoms with Crippen molar-refractivity contribution >= 4 is 45.7 Å². The number of aromatic nitrogens is 2. The Kier molecular flexibility index (Phi) is 14.3. The fourth-order valence-corrected chi connectivity index (χ4v) is 6.96. The van der Waals surface area contributed by atoms with Crippen molar-refractivity contribution in [2.45, 2.75) is 37.7 Å². The van der Waals surface area contributed by atoms with E-state index < -0.39 is 10.0 Å². The molecule has 0 aliphatic carbocycles. The van der Waals surface area contributed by atoms with Gasteiger partial charge in [0.05, 0.1) is 30.6 Å². The number of ether oxygens (including phenoxy) is 2. The minimum absolute atomic E-state index is 0. The molecule has 9 nitrogen and oxygen atoms in total. The molecule has 1 fully saturated rings. The molecule has 0 unspecified atom stereocenters. The quantitative estimate of drug-likeness (QED) is 0.172. The number of halogens is 2. The zero-order valence-electron chi connectivity index (χ0n) is 25.5. The Balaban J connectivity index is 0.00000276. The van der Waals surface area contributed by atoms with Gasteiger partial charge in [-0.3, -0.25) is 9.78 Å². The van der Waals surface area contributed by atoms with E-state index in [1.165, 1.54) is 0 Å². The second-order valence-corrected chi connectivity index (χ2v) is 13.0. The van der Waals surface area contributed by atoms with Gasteiger partial charge in [-0.25, -0.2) is 12.7 Å². The average Bonchev–Trinajstić information content (AvgIpc) is 3.02. The van der Waals surface area contributed by atoms with E-state index in [1.54, 1.807) is 34.2 Å². The van der Waals surface area contributed by atoms with Gasteiger partial charge in [0.2, 0.25) is 10.0 Å². The van der Waals surface area contributed by atoms with Gasteiger partial charge in [0.1, 0.15) is 5.75 Å². The molecule has 244 valence electrons. The van der Waals surface area contributed by atoms with Crippen molar-refractivity contribution in [3.05, 3.63) is 107 Å². The predicted molar refractivity (Wildman–Crippen MR) is 183 cm³/mol. The lowest BCUT2D eigenvalue weighted by Crippen LogP contribution is -2.43. The van der Waals surface area contributed by atoms with E-state index in [1.807, 2.05) is 66.9 Å². The van der Waals surface area contributed by atoms with Crippen LogP contribution in [0.25, 0.3) is 10.9 Å². The van der Waals surface area contributed by atoms with Crippen LogP contribution in [0.5, 0.6) is 5.75 Å². The van der Waals surface area contributed by atoms with Gasteiger partial charge in [0.25, 0.3) is 5.56 Å². The second-order valence-electron chi connectivity index (χ2n) is 11.0. The molecular weight excluding hydrogens is 635 g/mol. The number of hydrogen-bond donors (Lipinski definition) is 0. The van der Waals surface area contributed by atoms with Crippen LogP contribution >= 0.6 is 24.8 Å². The molecule has 1 aliphatic heterocycles. The summed E-state index contributed by atoms with van der Waals surface area (Å²) in [5, 5.41) is 0.915. The summed E-state index contributed by atoms with van der Waals surface area (Å²) in [6.45, 7) is 4.18. The van der Waals surface area contributed by atoms with Gasteiger partial charge in [-0.15, -0.1) is 24.8 Å². The smallest absolute Gasteiger partial charge is 0.250 e. The number of piperidine rings is 1. The van der Waals surface area contributed by atoms with Crippen LogP contribution in [0.15, 0.2) is 90.0 Å². The summed E-state index contributed by atoms with van der Waals surface area (Å²) in [6, 6.07) is 22.2. The number of nitrogens with zero attached hydrogens (tertiary/aromatic N) is 4. The Hall–Kier alpha value is -2.99. The lowest BCUT2D eigenvalue weighted by molar-refractivity contribution is -0.00301. The van der Waals surface area contributed by atoms with Gasteiger partial charge in [-0.2, -0.15) is 0 Å². The maximum atomic E-state index is 13.5. The Morgan fingerprint density at radius 1 is 0.933 bits per heavy atom. The third-order valence-electron chi connectivity index (χ3n) is 7.91. The van der Waals surface area contributed by atoms with Gasteiger partial charge in [-0.1, -0.05) is 36.4 Å². The van der Waals surface area contributed by atoms with Crippen LogP contribution in [0, 0.1) is 0 Å². The Labute approximate surface area is 278 Å². The summed E-state index contributed by atoms with van der Waals surface area (Å²) < 4.78 is 42.4. The minimum Gasteiger partial charge on any atom is -0.494 e. The molecule has 1 saturated heterocycles. The molecule has 0 radical (unpaired) electrons. The Morgan fingerprint density at radius 2 is 1.69 bits per heavy atom. The van der Waals surface area contributed by atoms with Crippen LogP contribution in [0.4, 0.5) is 0 Å². The maximum Gasteiger partial charge on any atom is 0.250 e. The molecule has 0 N–H and O–H groups in total. The molecule has 4 aromatic rings. The highest BCUT2D eigenvalue weighted by molar-refractivity contribution is 7.88. The molecule has 0 atom stereocenters. The number of hydrogen-bond acceptors (Lipinski definition) is 7. The lowest BCUT2D eigenvalue weighted by atomic mass is 10.1. The summed E-state index contributed by atoms with van der Waals surface area (Å²) in [6.07, 6.45) is 6.19. The number of pyridine rings is 2. The van der Waals surface area contributed by atoms with Crippen molar-refractivity contribution in [3.63, 3.8) is 0 Å². The molecule has 2 aromatic heterocycles. The zero-order chi connectivity index (χ0) is 30.1. The zero-order valence-corrected chi connectivity index (χ0v) is 27.9. The topological polar surface area (TPSA) is 94.0 Å². The minimum atomic E-state index is -3.52. The normalized spacial score (nSPS) is 14.2. The summed E-state index contributed by atoms with van der Waals surface area (Å²) in [4.78, 5) is 18.4. The molecular formula is C33H42Cl2N4O5S. The van der Waals surface area contributed by atoms with Crippen molar-refractivity contribution in [3.8, 4) is 5.75 Å². The van der Waals surface area contributed by atoms with Crippen LogP contribution in [0.2, 0.25) is 0 Å². The average molecular weight is 678 g/mol. The first kappa shape index (κ1) is 36.5. The number of sulfonamides is 1. The Morgan fingerprint density at radius 3 is 2.42 bits per heavy atom. The molecule has 45 heavy (non-hydrogen) atoms. The van der Waals surface area contributed by atoms with Gasteiger partial charge in [-0.05, 0) is 60.7 Å². The molecule has 0 bridgehead atoms. The van der Waals surface area contributed by atoms with E-state index in [-0.39, 0.29) is 42.2 Å². The SMILES string of the molecule is Cl.Cl.Cn1c(=O)ccc2cc(OCCCN(CCN3CCC(OCc4cccnc4)CC3)S(=O)(=O)Cc3ccccc3)ccc21. The van der Waals surface area contributed by atoms with Crippen molar-refractivity contribution in [2.24, 2.45) is 7.05 Å². The number of benzene rings is 2. The van der Waals surface area contributed by atoms with E-state index in [4.69, 9.17) is 9.47 Å². The van der Waals surface area contributed by atoms with Crippen LogP contribution in [0.3, 0.4) is 0 Å². The number of fused-ring (bicyclic) bond motifs is 1. The summed E-state index contributed by atoms with van der Waals surface area (Å²) >= 11 is 0. The molecule has 3 heterocycles. The van der Waals surface area contributed by atoms with E-state index in [9.17, 15) is 13.2 Å². The number of likely N-dealkylation sites (tertiary alicyclic amines) is 1. The van der Waals surface area contributed by atoms with Gasteiger partial charge >= 0.3 is 0 Å². The van der Waals surface area contributed by atoms with E-state index in [0.29, 0.717) is 45.0 Å². The molecule has 1 aliphatic rings. The fourth-order valence-electron chi connectivity index (χ4n) is 5.40. The fraction of sp³-hybridized carbons (Fsp3) is 0.394. The molecule has 0 spiro atoms. The van der Waals surface area contributed by atoms with Gasteiger partial charge in [0, 0.05) is 63.6 Å². The standard InChI is InChI=1S/C33H40N4O5S.2ClH/c1-35-32-12-11-31(23-29(32)10-13-33(35)38)41-22-6-17-37(43(39,40)26-27-7-3-2-4-8-27)21-20-36-18-14-30(15-19-36)42-25-28-9-5-16-34-24-28;;/h2-5,7-13,16,23-24,30H,6,14-15,17-22,25-26H2,1H3;2*1H. The largest absolute Gasteiger partial charge is 0.494 e. The van der Waals surface area contributed by atoms with Crippen LogP contribution < -0.4 is 10.3 Å². The van der Waals surface area contributed by atoms with E-state index in [2.05, 4.69) is 9.88 Å². The first-order valence-electron chi connectivity index (χ1n) is 14.8. The van der Waals surface area contributed by atoms with Crippen molar-refractivity contribution in [1.82, 2.24) is 18.8 Å². The van der Waals surface area contributed by atoms with Crippen molar-refractivity contribution in [2.75, 3.05) is 39.3 Å². The Bertz CT molecular complexity index is 1630. The first-order valence-corrected chi connectivity index (χ1v) is 16.5. The maximum absolute atomic E-state index is 13.5. The monoisotopic (exact) mass is 676 g/mol. The molecule has 0 amide bonds. The van der Waals surface area contributed by atoms with Crippen molar-refractivity contribution in [1.29, 1.82) is 0 Å². The van der Waals surface area contributed by atoms with E-state index >= 15 is 0 Å². The highest BCUT2D eigenvalue weighted by Gasteiger charge is 2.25. The van der Waals surface area contributed by atoms with Crippen LogP contribution in [0.1, 0.15) is 30.4 Å². The van der Waals surface area contributed by atoms with E-state index in [0.717, 1.165) is 48.0 Å². The van der Waals surface area contributed by atoms with Gasteiger partial charge < -0.3 is 18.9 Å². The molecule has 0 saturated carbocycles. The molecule has 5 rings (SSSR count). The third kappa shape index (κ3) is 10.5. The summed E-state index contributed by atoms with van der Waals surface area (Å²) in [5.74, 6) is 0.668. The molecule has 12 heteroatoms. The predicted octanol–water partition coefficient (Wildman–Crippen LogP) is 5.06. The van der Waals surface area contributed by atoms with Crippen molar-refractivity contribution < 1.29 is 17.9 Å². The number of rotatable bonds is 14. The summed E-state index contributed by atoms with van der Waals surface area (Å²) in [5.41, 5.74) is 2.63. The highest BCUT2D eigenvalue weighted by atomic mass is 35.5. The molecule has 2 aromatic carbocycles. The first-order chi connectivity index (χ1) is 20.9. The van der Waals surface area contributed by atoms with Crippen LogP contribution in [-0.2, 0) is 34.2 Å². The highest BCUT2D eigenvalue weighted by Crippen LogP contribution is 2.20. The second kappa shape index (κ2) is 17.6.